The van der Waals surface area contributed by atoms with Crippen LogP contribution in [-0.4, -0.2) is 160 Å². The molecule has 111 heavy (non-hydrogen) atoms. The number of aromatic nitrogens is 1. The van der Waals surface area contributed by atoms with Crippen LogP contribution < -0.4 is 39.9 Å². The van der Waals surface area contributed by atoms with Gasteiger partial charge in [0.15, 0.2) is 5.92 Å². The fraction of sp³-hybridized carbons (Fsp3) is 0.400. The Morgan fingerprint density at radius 1 is 0.486 bits per heavy atom. The number of carbonyl (C=O) groups excluding carboxylic acids is 9. The quantitative estimate of drug-likeness (QED) is 0.00525. The Kier molecular flexibility index (Phi) is 63.4. The second-order valence-electron chi connectivity index (χ2n) is 19.9. The molecule has 603 valence electrons. The maximum absolute atomic E-state index is 12.5. The molecule has 0 unspecified atom stereocenters. The number of nitrogens with zero attached hydrogens (tertiary/aromatic N) is 4. The van der Waals surface area contributed by atoms with E-state index in [2.05, 4.69) is 41.2 Å². The first-order chi connectivity index (χ1) is 51.2. The molecule has 1 heterocycles. The number of thioether (sulfide) groups is 2. The number of nitrogens with one attached hydrogen (secondary N) is 1. The first kappa shape index (κ1) is 111. The maximum atomic E-state index is 12.5. The topological polar surface area (TPSA) is 310 Å². The molecule has 6 aromatic rings. The molecule has 0 fully saturated rings. The average Bonchev–Trinajstić information content (AvgIpc) is 0.773. The molecule has 1 N–H and O–H groups in total. The Hall–Kier alpha value is -6.78. The van der Waals surface area contributed by atoms with Gasteiger partial charge in [0.05, 0.1) is 123 Å². The van der Waals surface area contributed by atoms with E-state index in [-0.39, 0.29) is 141 Å². The molecule has 6 rings (SSSR count). The van der Waals surface area contributed by atoms with E-state index in [1.807, 2.05) is 32.9 Å². The Morgan fingerprint density at radius 2 is 0.856 bits per heavy atom. The Balaban J connectivity index is -0.000000415. The summed E-state index contributed by atoms with van der Waals surface area (Å²) in [5.74, 6) is -8.51. The number of benzene rings is 5. The molecule has 24 nitrogen and oxygen atoms in total. The van der Waals surface area contributed by atoms with Crippen molar-refractivity contribution in [2.24, 2.45) is 32.1 Å². The number of esters is 9. The fourth-order valence-corrected chi connectivity index (χ4v) is 11.7. The number of H-pyrrole nitrogens is 1. The fourth-order valence-electron chi connectivity index (χ4n) is 8.20. The molecular weight excluding hydrogens is 1650 g/mol. The summed E-state index contributed by atoms with van der Waals surface area (Å²) < 4.78 is 47.1. The molecule has 3 radical (unpaired) electrons. The van der Waals surface area contributed by atoms with Gasteiger partial charge < -0.3 is 65.1 Å². The number of hydrogen-bond donors (Lipinski definition) is 1. The number of ether oxygens (including phenoxy) is 9. The van der Waals surface area contributed by atoms with Crippen LogP contribution in [-0.2, 0) is 106 Å². The Morgan fingerprint density at radius 3 is 1.23 bits per heavy atom. The predicted octanol–water partition coefficient (Wildman–Crippen LogP) is 14.6. The molecule has 0 atom stereocenters. The van der Waals surface area contributed by atoms with Crippen molar-refractivity contribution in [1.29, 1.82) is 0 Å². The molecule has 5 aromatic carbocycles. The maximum Gasteiger partial charge on any atom is 1.00 e. The van der Waals surface area contributed by atoms with Crippen LogP contribution >= 0.6 is 93.7 Å². The largest absolute Gasteiger partial charge is 1.00 e. The zero-order valence-corrected chi connectivity index (χ0v) is 72.3. The van der Waals surface area contributed by atoms with Crippen LogP contribution in [0.15, 0.2) is 139 Å². The van der Waals surface area contributed by atoms with Crippen LogP contribution in [0.3, 0.4) is 0 Å². The number of fused-ring (bicyclic) bond motifs is 1. The van der Waals surface area contributed by atoms with Gasteiger partial charge in [-0.25, -0.2) is 9.79 Å². The summed E-state index contributed by atoms with van der Waals surface area (Å²) in [6.07, 6.45) is -0.290. The van der Waals surface area contributed by atoms with Gasteiger partial charge in [-0.2, -0.15) is 4.36 Å². The summed E-state index contributed by atoms with van der Waals surface area (Å²) in [4.78, 5) is 131. The summed E-state index contributed by atoms with van der Waals surface area (Å²) in [6, 6.07) is 33.0. The minimum atomic E-state index is -1.36. The third-order valence-corrected chi connectivity index (χ3v) is 17.0. The van der Waals surface area contributed by atoms with Crippen molar-refractivity contribution < 1.29 is 117 Å². The van der Waals surface area contributed by atoms with Gasteiger partial charge in [0, 0.05) is 34.2 Å². The second-order valence-corrected chi connectivity index (χ2v) is 25.5. The van der Waals surface area contributed by atoms with Gasteiger partial charge in [0.1, 0.15) is 17.0 Å². The summed E-state index contributed by atoms with van der Waals surface area (Å²) >= 11 is 47.6. The molecule has 0 aliphatic carbocycles. The minimum Gasteiger partial charge on any atom is -0.763 e. The molecule has 1 aromatic heterocycles. The number of para-hydroxylation sites is 4. The van der Waals surface area contributed by atoms with E-state index in [1.54, 1.807) is 170 Å². The number of aromatic amines is 1. The van der Waals surface area contributed by atoms with Crippen LogP contribution in [0, 0.1) is 17.8 Å². The number of anilines is 1. The van der Waals surface area contributed by atoms with E-state index in [0.29, 0.717) is 81.1 Å². The van der Waals surface area contributed by atoms with E-state index in [1.165, 1.54) is 23.5 Å². The van der Waals surface area contributed by atoms with Crippen molar-refractivity contribution in [1.82, 2.24) is 4.98 Å². The number of pyridine rings is 1. The van der Waals surface area contributed by atoms with Gasteiger partial charge in [0.25, 0.3) is 0 Å². The molecule has 0 saturated carbocycles. The predicted molar refractivity (Wildman–Crippen MR) is 452 cm³/mol. The summed E-state index contributed by atoms with van der Waals surface area (Å²) in [5.41, 5.74) is 2.40. The molecule has 0 saturated heterocycles. The van der Waals surface area contributed by atoms with Gasteiger partial charge in [-0.15, -0.1) is 23.5 Å². The molecule has 0 aliphatic heterocycles. The Bertz CT molecular complexity index is 4000. The van der Waals surface area contributed by atoms with Gasteiger partial charge in [-0.1, -0.05) is 159 Å². The molecule has 0 aliphatic rings. The molecular formula is C75H95BCl5N5NaO19S5. The Labute approximate surface area is 725 Å². The van der Waals surface area contributed by atoms with Crippen molar-refractivity contribution in [2.75, 3.05) is 82.4 Å². The smallest absolute Gasteiger partial charge is 0.763 e. The second kappa shape index (κ2) is 63.6. The van der Waals surface area contributed by atoms with E-state index in [4.69, 9.17) is 116 Å². The number of rotatable bonds is 29. The van der Waals surface area contributed by atoms with Crippen LogP contribution in [0.5, 0.6) is 0 Å². The number of aliphatic imine (C=N–C) groups is 2. The van der Waals surface area contributed by atoms with Gasteiger partial charge in [0.2, 0.25) is 17.3 Å². The zero-order chi connectivity index (χ0) is 80.6. The van der Waals surface area contributed by atoms with E-state index < -0.39 is 71.5 Å². The van der Waals surface area contributed by atoms with Crippen LogP contribution in [0.4, 0.5) is 22.7 Å². The normalized spacial score (nSPS) is 10.2. The van der Waals surface area contributed by atoms with Gasteiger partial charge in [-0.05, 0) is 141 Å². The SMILES string of the molecule is C.C.CCOC(=O)C(C(=O)OCC)C(=Nc1ccccc1Cl)SCC.CCOC(=O)C(C(=O)OCC)C(=S)N(CC)c1ccccc1Cl.CCOC(=O)C(C(=O)OCC)C([S-])=Nc1ccccc1Cl.CCOC(=O)CC(=O)OCC.CCOC(=O)c1c(SCC)[nH]c2c(Cl)cccc2c1=O.S=Nc1ccccc1Cl.[2HH].[B].[Na+]. The monoisotopic (exact) mass is 1740 g/mol. The van der Waals surface area contributed by atoms with Crippen molar-refractivity contribution in [3.63, 3.8) is 0 Å². The van der Waals surface area contributed by atoms with Gasteiger partial charge >= 0.3 is 83.3 Å². The summed E-state index contributed by atoms with van der Waals surface area (Å²) in [7, 11) is 0. The minimum absolute atomic E-state index is 0. The van der Waals surface area contributed by atoms with Crippen LogP contribution in [0.1, 0.15) is 116 Å². The van der Waals surface area contributed by atoms with Crippen molar-refractivity contribution in [2.45, 2.75) is 109 Å². The molecule has 36 heteroatoms. The van der Waals surface area contributed by atoms with Crippen molar-refractivity contribution >= 4 is 230 Å². The average molecular weight is 1740 g/mol. The van der Waals surface area contributed by atoms with Crippen molar-refractivity contribution in [3.8, 4) is 0 Å². The summed E-state index contributed by atoms with van der Waals surface area (Å²) in [6.45, 7) is 22.9. The first-order valence-electron chi connectivity index (χ1n) is 33.2. The van der Waals surface area contributed by atoms with E-state index in [9.17, 15) is 47.9 Å². The van der Waals surface area contributed by atoms with Crippen molar-refractivity contribution in [3.05, 3.63) is 156 Å². The number of thiocarbonyl (C=S) groups is 1. The number of halogens is 5. The van der Waals surface area contributed by atoms with Crippen LogP contribution in [0.25, 0.3) is 10.9 Å². The standard InChI is InChI=1S/2C16H20ClNO4S.C14H16ClNO4S.C14H14ClNO3S.C7H12O4.C6H4ClNS.2CH4.B.Na.H2/c1-4-21-15(19)13(16(20)22-5-2)14(23-6-3)18-12-10-8-7-9-11(12)17;1-4-18(12-10-8-7-9-11(12)17)14(23)13(15(19)21-5-2)16(20)22-6-3;1-3-19-13(17)11(14(18)20-4-2)12(21)16-10-8-6-5-7-9(10)15;1-3-19-14(18)10-12(17)8-6-5-7-9(15)11(8)16-13(10)20-4-2;1-3-10-6(8)5-7(9)11-4-2;7-5-3-1-2-4-6(5)8-9;;;;;/h2*7-10,13H,4-6H2,1-3H3;5-8,11H,3-4H2,1-2H3,(H,16,21);5-7H,3-4H2,1-2H3,(H,16,17);3-5H2,1-2H3;1-4H;2*1H4;;;1H/q;;;;;;;;;+1;/p-1/i;;;;;;;;;;1+1. The molecule has 0 spiro atoms. The first-order valence-corrected chi connectivity index (χ1v) is 38.3. The molecule has 0 amide bonds. The zero-order valence-electron chi connectivity index (χ0n) is 62.4. The third kappa shape index (κ3) is 39.2. The number of carbonyl (C=O) groups is 9. The molecule has 0 bridgehead atoms. The van der Waals surface area contributed by atoms with Crippen LogP contribution in [0.2, 0.25) is 25.1 Å². The van der Waals surface area contributed by atoms with E-state index in [0.717, 1.165) is 5.75 Å². The van der Waals surface area contributed by atoms with E-state index >= 15 is 0 Å². The summed E-state index contributed by atoms with van der Waals surface area (Å²) in [5, 5.41) is 3.40. The number of hydrogen-bond acceptors (Lipinski definition) is 27. The van der Waals surface area contributed by atoms with Gasteiger partial charge in [-0.3, -0.25) is 48.1 Å². The third-order valence-electron chi connectivity index (χ3n) is 12.6.